The maximum atomic E-state index is 11.9. The highest BCUT2D eigenvalue weighted by atomic mass is 31.2. The minimum atomic E-state index is -3.89. The molecule has 0 fully saturated rings. The van der Waals surface area contributed by atoms with Crippen molar-refractivity contribution in [2.45, 2.75) is 92.4 Å². The first-order valence-electron chi connectivity index (χ1n) is 10.1. The van der Waals surface area contributed by atoms with Crippen LogP contribution in [0, 0.1) is 11.8 Å². The Labute approximate surface area is 157 Å². The molecule has 0 radical (unpaired) electrons. The molecule has 0 amide bonds. The Bertz CT molecular complexity index is 310. The second-order valence-corrected chi connectivity index (χ2v) is 8.04. The molecule has 0 aromatic rings. The van der Waals surface area contributed by atoms with E-state index in [4.69, 9.17) is 9.05 Å². The van der Waals surface area contributed by atoms with Crippen molar-refractivity contribution in [2.75, 3.05) is 13.2 Å². The molecule has 5 heteroatoms. The van der Waals surface area contributed by atoms with Gasteiger partial charge < -0.3 is 4.89 Å². The number of phosphoric ester groups is 1. The summed E-state index contributed by atoms with van der Waals surface area (Å²) in [5, 5.41) is 0. The van der Waals surface area contributed by atoms with Crippen molar-refractivity contribution in [3.63, 3.8) is 0 Å². The lowest BCUT2D eigenvalue weighted by Gasteiger charge is -2.20. The maximum Gasteiger partial charge on any atom is 0.472 e. The molecule has 0 aliphatic heterocycles. The maximum absolute atomic E-state index is 11.9. The van der Waals surface area contributed by atoms with Gasteiger partial charge >= 0.3 is 7.82 Å². The quantitative estimate of drug-likeness (QED) is 0.243. The van der Waals surface area contributed by atoms with E-state index in [0.29, 0.717) is 25.0 Å². The summed E-state index contributed by atoms with van der Waals surface area (Å²) in [6, 6.07) is 0. The van der Waals surface area contributed by atoms with Crippen LogP contribution in [0.4, 0.5) is 0 Å². The van der Waals surface area contributed by atoms with Gasteiger partial charge in [-0.3, -0.25) is 9.05 Å². The molecule has 0 rings (SSSR count). The zero-order valence-corrected chi connectivity index (χ0v) is 18.2. The Balaban J connectivity index is 0. The fourth-order valence-electron chi connectivity index (χ4n) is 2.23. The van der Waals surface area contributed by atoms with E-state index in [9.17, 15) is 9.46 Å². The van der Waals surface area contributed by atoms with Crippen molar-refractivity contribution < 1.29 is 18.5 Å². The summed E-state index contributed by atoms with van der Waals surface area (Å²) in [4.78, 5) is 9.77. The van der Waals surface area contributed by atoms with Crippen LogP contribution >= 0.6 is 7.82 Å². The Kier molecular flexibility index (Phi) is 20.2. The van der Waals surface area contributed by atoms with Crippen LogP contribution < -0.4 is 0 Å². The lowest BCUT2D eigenvalue weighted by molar-refractivity contribution is 0.110. The zero-order chi connectivity index (χ0) is 19.6. The van der Waals surface area contributed by atoms with Gasteiger partial charge in [0, 0.05) is 0 Å². The number of allylic oxidation sites excluding steroid dienone is 1. The Morgan fingerprint density at radius 1 is 0.920 bits per heavy atom. The lowest BCUT2D eigenvalue weighted by atomic mass is 10.0. The van der Waals surface area contributed by atoms with Crippen molar-refractivity contribution in [2.24, 2.45) is 11.8 Å². The van der Waals surface area contributed by atoms with Crippen molar-refractivity contribution in [1.29, 1.82) is 0 Å². The van der Waals surface area contributed by atoms with E-state index in [2.05, 4.69) is 41.2 Å². The van der Waals surface area contributed by atoms with Crippen LogP contribution in [0.5, 0.6) is 0 Å². The average Bonchev–Trinajstić information content (AvgIpc) is 2.62. The molecule has 0 spiro atoms. The van der Waals surface area contributed by atoms with E-state index in [1.165, 1.54) is 0 Å². The van der Waals surface area contributed by atoms with Gasteiger partial charge in [0.05, 0.1) is 13.2 Å². The molecule has 0 aliphatic rings. The van der Waals surface area contributed by atoms with E-state index in [0.717, 1.165) is 57.8 Å². The van der Waals surface area contributed by atoms with E-state index in [1.807, 2.05) is 6.08 Å². The molecule has 2 atom stereocenters. The molecular weight excluding hydrogens is 335 g/mol. The van der Waals surface area contributed by atoms with Crippen LogP contribution in [-0.2, 0) is 13.6 Å². The first-order chi connectivity index (χ1) is 11.9. The molecule has 0 aromatic heterocycles. The second kappa shape index (κ2) is 18.6. The van der Waals surface area contributed by atoms with E-state index in [-0.39, 0.29) is 0 Å². The van der Waals surface area contributed by atoms with Crippen LogP contribution in [0.2, 0.25) is 0 Å². The van der Waals surface area contributed by atoms with Crippen LogP contribution in [-0.4, -0.2) is 18.1 Å². The van der Waals surface area contributed by atoms with Gasteiger partial charge in [-0.1, -0.05) is 79.2 Å². The van der Waals surface area contributed by atoms with E-state index >= 15 is 0 Å². The van der Waals surface area contributed by atoms with Crippen molar-refractivity contribution >= 4 is 7.82 Å². The minimum absolute atomic E-state index is 0.316. The average molecular weight is 379 g/mol. The minimum Gasteiger partial charge on any atom is -0.302 e. The topological polar surface area (TPSA) is 55.8 Å². The Hall–Kier alpha value is -0.150. The van der Waals surface area contributed by atoms with Gasteiger partial charge in [-0.15, -0.1) is 6.58 Å². The summed E-state index contributed by atoms with van der Waals surface area (Å²) < 4.78 is 22.2. The van der Waals surface area contributed by atoms with Crippen LogP contribution in [0.3, 0.4) is 0 Å². The molecule has 0 bridgehead atoms. The number of rotatable bonds is 15. The number of hydrogen-bond donors (Lipinski definition) is 1. The lowest BCUT2D eigenvalue weighted by Crippen LogP contribution is -2.12. The molecule has 0 saturated carbocycles. The molecule has 0 aromatic carbocycles. The first kappa shape index (κ1) is 27.1. The normalized spacial score (nSPS) is 15.6. The van der Waals surface area contributed by atoms with Gasteiger partial charge in [0.2, 0.25) is 0 Å². The van der Waals surface area contributed by atoms with Crippen molar-refractivity contribution in [3.8, 4) is 0 Å². The van der Waals surface area contributed by atoms with Gasteiger partial charge in [0.25, 0.3) is 0 Å². The number of hydrogen-bond acceptors (Lipinski definition) is 3. The Morgan fingerprint density at radius 2 is 1.28 bits per heavy atom. The summed E-state index contributed by atoms with van der Waals surface area (Å²) in [6.45, 7) is 14.6. The SMILES string of the molecule is C=CCC.CCCCC(CC)COP(=O)(O)OCC(CC)CCCC. The smallest absolute Gasteiger partial charge is 0.302 e. The predicted octanol–water partition coefficient (Wildman–Crippen LogP) is 7.14. The Morgan fingerprint density at radius 3 is 1.52 bits per heavy atom. The first-order valence-corrected chi connectivity index (χ1v) is 11.6. The van der Waals surface area contributed by atoms with Gasteiger partial charge in [-0.2, -0.15) is 0 Å². The van der Waals surface area contributed by atoms with Crippen LogP contribution in [0.1, 0.15) is 92.4 Å². The molecular formula is C20H43O4P. The summed E-state index contributed by atoms with van der Waals surface area (Å²) in [5.41, 5.74) is 0. The van der Waals surface area contributed by atoms with E-state index in [1.54, 1.807) is 0 Å². The summed E-state index contributed by atoms with van der Waals surface area (Å²) in [5.74, 6) is 0.687. The molecule has 25 heavy (non-hydrogen) atoms. The van der Waals surface area contributed by atoms with Crippen LogP contribution in [0.25, 0.3) is 0 Å². The fourth-order valence-corrected chi connectivity index (χ4v) is 3.11. The highest BCUT2D eigenvalue weighted by Gasteiger charge is 2.24. The molecule has 0 aliphatic carbocycles. The van der Waals surface area contributed by atoms with Crippen LogP contribution in [0.15, 0.2) is 12.7 Å². The molecule has 1 N–H and O–H groups in total. The van der Waals surface area contributed by atoms with Crippen molar-refractivity contribution in [3.05, 3.63) is 12.7 Å². The molecule has 4 nitrogen and oxygen atoms in total. The molecule has 0 heterocycles. The van der Waals surface area contributed by atoms with Crippen molar-refractivity contribution in [1.82, 2.24) is 0 Å². The molecule has 152 valence electrons. The van der Waals surface area contributed by atoms with Gasteiger partial charge in [0.15, 0.2) is 0 Å². The zero-order valence-electron chi connectivity index (χ0n) is 17.3. The highest BCUT2D eigenvalue weighted by molar-refractivity contribution is 7.47. The monoisotopic (exact) mass is 378 g/mol. The second-order valence-electron chi connectivity index (χ2n) is 6.59. The van der Waals surface area contributed by atoms with Gasteiger partial charge in [-0.25, -0.2) is 4.57 Å². The molecule has 0 saturated heterocycles. The van der Waals surface area contributed by atoms with E-state index < -0.39 is 7.82 Å². The predicted molar refractivity (Wildman–Crippen MR) is 109 cm³/mol. The summed E-state index contributed by atoms with van der Waals surface area (Å²) in [7, 11) is -3.89. The molecule has 2 unspecified atom stereocenters. The number of phosphoric acid groups is 1. The third kappa shape index (κ3) is 18.4. The van der Waals surface area contributed by atoms with Gasteiger partial charge in [0.1, 0.15) is 0 Å². The highest BCUT2D eigenvalue weighted by Crippen LogP contribution is 2.44. The summed E-state index contributed by atoms with van der Waals surface area (Å²) >= 11 is 0. The third-order valence-corrected chi connectivity index (χ3v) is 5.27. The number of unbranched alkanes of at least 4 members (excludes halogenated alkanes) is 2. The van der Waals surface area contributed by atoms with Gasteiger partial charge in [-0.05, 0) is 31.1 Å². The summed E-state index contributed by atoms with van der Waals surface area (Å²) in [6.07, 6.45) is 11.5. The fraction of sp³-hybridized carbons (Fsp3) is 0.900. The standard InChI is InChI=1S/C16H35O4P.C4H8/c1-5-9-11-15(7-3)13-19-21(17,18)20-14-16(8-4)12-10-6-2;1-3-4-2/h15-16H,5-14H2,1-4H3,(H,17,18);3H,1,4H2,2H3. The largest absolute Gasteiger partial charge is 0.472 e. The third-order valence-electron chi connectivity index (χ3n) is 4.32.